The minimum Gasteiger partial charge on any atom is -0.382 e. The fourth-order valence-corrected chi connectivity index (χ4v) is 1.30. The molecule has 0 rings (SSSR count). The Labute approximate surface area is 61.8 Å². The van der Waals surface area contributed by atoms with Gasteiger partial charge in [0.15, 0.2) is 0 Å². The number of aliphatic hydroxyl groups excluding tert-OH is 1. The Hall–Kier alpha value is 0.350. The van der Waals surface area contributed by atoms with Gasteiger partial charge in [0.2, 0.25) is 0 Å². The molecule has 0 heterocycles. The third-order valence-electron chi connectivity index (χ3n) is 0.614. The lowest BCUT2D eigenvalue weighted by atomic mass is 10.5. The van der Waals surface area contributed by atoms with Crippen LogP contribution >= 0.6 is 15.9 Å². The number of hydrogen-bond donors (Lipinski definition) is 2. The highest BCUT2D eigenvalue weighted by Crippen LogP contribution is 2.01. The lowest BCUT2D eigenvalue weighted by Crippen LogP contribution is -2.08. The van der Waals surface area contributed by atoms with Gasteiger partial charge in [-0.25, -0.2) is 0 Å². The number of rotatable bonds is 3. The quantitative estimate of drug-likeness (QED) is 0.516. The first-order valence-corrected chi connectivity index (χ1v) is 4.71. The van der Waals surface area contributed by atoms with Crippen LogP contribution in [0, 0.1) is 0 Å². The van der Waals surface area contributed by atoms with Crippen molar-refractivity contribution in [3.63, 3.8) is 0 Å². The zero-order valence-electron chi connectivity index (χ0n) is 4.49. The Bertz CT molecular complexity index is 161. The highest BCUT2D eigenvalue weighted by atomic mass is 79.9. The van der Waals surface area contributed by atoms with E-state index in [4.69, 9.17) is 9.66 Å². The molecule has 0 spiro atoms. The van der Waals surface area contributed by atoms with E-state index < -0.39 is 20.9 Å². The number of halogens is 1. The van der Waals surface area contributed by atoms with Crippen LogP contribution < -0.4 is 0 Å². The molecule has 1 unspecified atom stereocenters. The van der Waals surface area contributed by atoms with E-state index in [1.807, 2.05) is 0 Å². The molecule has 0 saturated carbocycles. The lowest BCUT2D eigenvalue weighted by Gasteiger charge is -1.97. The average molecular weight is 219 g/mol. The van der Waals surface area contributed by atoms with E-state index in [-0.39, 0.29) is 6.42 Å². The van der Waals surface area contributed by atoms with Crippen LogP contribution in [0.1, 0.15) is 6.42 Å². The molecule has 0 saturated heterocycles. The third-order valence-corrected chi connectivity index (χ3v) is 1.82. The highest BCUT2D eigenvalue weighted by Gasteiger charge is 2.06. The van der Waals surface area contributed by atoms with Gasteiger partial charge >= 0.3 is 0 Å². The van der Waals surface area contributed by atoms with Crippen LogP contribution in [0.25, 0.3) is 0 Å². The van der Waals surface area contributed by atoms with Gasteiger partial charge in [-0.2, -0.15) is 8.42 Å². The molecule has 0 fully saturated rings. The molecule has 0 bridgehead atoms. The second-order valence-electron chi connectivity index (χ2n) is 1.51. The molecule has 0 aliphatic rings. The normalized spacial score (nSPS) is 15.4. The van der Waals surface area contributed by atoms with Crippen molar-refractivity contribution in [2.24, 2.45) is 0 Å². The maximum Gasteiger partial charge on any atom is 0.264 e. The van der Waals surface area contributed by atoms with Gasteiger partial charge in [0, 0.05) is 0 Å². The fourth-order valence-electron chi connectivity index (χ4n) is 0.246. The van der Waals surface area contributed by atoms with Gasteiger partial charge in [0.25, 0.3) is 10.1 Å². The van der Waals surface area contributed by atoms with E-state index in [0.717, 1.165) is 0 Å². The molecule has 0 aromatic heterocycles. The summed E-state index contributed by atoms with van der Waals surface area (Å²) in [6.07, 6.45) is -0.00116. The molecular weight excluding hydrogens is 212 g/mol. The van der Waals surface area contributed by atoms with Crippen molar-refractivity contribution < 1.29 is 18.1 Å². The molecule has 0 radical (unpaired) electrons. The van der Waals surface area contributed by atoms with Crippen molar-refractivity contribution in [1.29, 1.82) is 0 Å². The summed E-state index contributed by atoms with van der Waals surface area (Å²) in [6, 6.07) is 0. The van der Waals surface area contributed by atoms with Crippen molar-refractivity contribution >= 4 is 26.0 Å². The Morgan fingerprint density at radius 1 is 1.56 bits per heavy atom. The molecular formula is C3H7BrO4S. The van der Waals surface area contributed by atoms with Crippen LogP contribution in [0.4, 0.5) is 0 Å². The first-order chi connectivity index (χ1) is 3.92. The number of hydrogen-bond acceptors (Lipinski definition) is 3. The van der Waals surface area contributed by atoms with Gasteiger partial charge in [0.1, 0.15) is 5.01 Å². The van der Waals surface area contributed by atoms with Crippen LogP contribution in [0.3, 0.4) is 0 Å². The van der Waals surface area contributed by atoms with Gasteiger partial charge in [0.05, 0.1) is 5.75 Å². The molecule has 2 N–H and O–H groups in total. The predicted octanol–water partition coefficient (Wildman–Crippen LogP) is -0.0224. The zero-order chi connectivity index (χ0) is 7.49. The Morgan fingerprint density at radius 2 is 2.00 bits per heavy atom. The van der Waals surface area contributed by atoms with Crippen LogP contribution in [-0.4, -0.2) is 28.8 Å². The Balaban J connectivity index is 3.53. The van der Waals surface area contributed by atoms with Crippen molar-refractivity contribution in [1.82, 2.24) is 0 Å². The van der Waals surface area contributed by atoms with Gasteiger partial charge in [-0.1, -0.05) is 15.9 Å². The smallest absolute Gasteiger partial charge is 0.264 e. The first kappa shape index (κ1) is 9.35. The zero-order valence-corrected chi connectivity index (χ0v) is 6.89. The van der Waals surface area contributed by atoms with E-state index in [0.29, 0.717) is 0 Å². The summed E-state index contributed by atoms with van der Waals surface area (Å²) in [5.74, 6) is -0.417. The summed E-state index contributed by atoms with van der Waals surface area (Å²) >= 11 is 2.71. The van der Waals surface area contributed by atoms with Gasteiger partial charge < -0.3 is 5.11 Å². The minimum atomic E-state index is -3.91. The molecule has 1 atom stereocenters. The molecule has 0 aromatic rings. The molecule has 56 valence electrons. The Kier molecular flexibility index (Phi) is 3.64. The summed E-state index contributed by atoms with van der Waals surface area (Å²) < 4.78 is 28.0. The second-order valence-corrected chi connectivity index (χ2v) is 4.14. The molecule has 0 aliphatic carbocycles. The van der Waals surface area contributed by atoms with Gasteiger partial charge in [-0.3, -0.25) is 4.55 Å². The number of aliphatic hydroxyl groups is 1. The van der Waals surface area contributed by atoms with Crippen LogP contribution in [0.2, 0.25) is 0 Å². The van der Waals surface area contributed by atoms with Crippen molar-refractivity contribution in [3.8, 4) is 0 Å². The maximum atomic E-state index is 9.96. The fraction of sp³-hybridized carbons (Fsp3) is 1.00. The lowest BCUT2D eigenvalue weighted by molar-refractivity contribution is 0.265. The first-order valence-electron chi connectivity index (χ1n) is 2.19. The monoisotopic (exact) mass is 218 g/mol. The van der Waals surface area contributed by atoms with E-state index >= 15 is 0 Å². The van der Waals surface area contributed by atoms with Gasteiger partial charge in [-0.15, -0.1) is 0 Å². The van der Waals surface area contributed by atoms with Crippen LogP contribution in [0.5, 0.6) is 0 Å². The minimum absolute atomic E-state index is 0.00116. The standard InChI is InChI=1S/C3H7BrO4S/c4-3(5)1-2-9(6,7)8/h3,5H,1-2H2,(H,6,7,8). The Morgan fingerprint density at radius 3 is 2.11 bits per heavy atom. The van der Waals surface area contributed by atoms with E-state index in [1.54, 1.807) is 0 Å². The summed E-state index contributed by atoms with van der Waals surface area (Å²) in [7, 11) is -3.91. The van der Waals surface area contributed by atoms with Crippen LogP contribution in [-0.2, 0) is 10.1 Å². The third kappa shape index (κ3) is 8.35. The van der Waals surface area contributed by atoms with Gasteiger partial charge in [-0.05, 0) is 6.42 Å². The summed E-state index contributed by atoms with van der Waals surface area (Å²) in [6.45, 7) is 0. The summed E-state index contributed by atoms with van der Waals surface area (Å²) in [5, 5.41) is 7.60. The summed E-state index contributed by atoms with van der Waals surface area (Å²) in [4.78, 5) is 0. The molecule has 9 heavy (non-hydrogen) atoms. The van der Waals surface area contributed by atoms with E-state index in [9.17, 15) is 8.42 Å². The largest absolute Gasteiger partial charge is 0.382 e. The van der Waals surface area contributed by atoms with E-state index in [2.05, 4.69) is 15.9 Å². The summed E-state index contributed by atoms with van der Waals surface area (Å²) in [5.41, 5.74) is 0. The maximum absolute atomic E-state index is 9.96. The number of alkyl halides is 1. The molecule has 6 heteroatoms. The predicted molar refractivity (Wildman–Crippen MR) is 36.0 cm³/mol. The topological polar surface area (TPSA) is 74.6 Å². The van der Waals surface area contributed by atoms with Crippen molar-refractivity contribution in [2.45, 2.75) is 11.4 Å². The average Bonchev–Trinajstić information content (AvgIpc) is 1.59. The molecule has 0 aliphatic heterocycles. The van der Waals surface area contributed by atoms with Crippen LogP contribution in [0.15, 0.2) is 0 Å². The van der Waals surface area contributed by atoms with Crippen molar-refractivity contribution in [2.75, 3.05) is 5.75 Å². The molecule has 0 amide bonds. The molecule has 0 aromatic carbocycles. The van der Waals surface area contributed by atoms with Crippen molar-refractivity contribution in [3.05, 3.63) is 0 Å². The SMILES string of the molecule is O=S(=O)(O)CCC(O)Br. The second kappa shape index (κ2) is 3.50. The van der Waals surface area contributed by atoms with E-state index in [1.165, 1.54) is 0 Å². The molecule has 4 nitrogen and oxygen atoms in total. The highest BCUT2D eigenvalue weighted by molar-refractivity contribution is 9.09.